The summed E-state index contributed by atoms with van der Waals surface area (Å²) in [4.78, 5) is 0. The molecule has 0 aliphatic rings. The summed E-state index contributed by atoms with van der Waals surface area (Å²) in [5.74, 6) is 0. The second kappa shape index (κ2) is 15.9. The Labute approximate surface area is 64.6 Å². The number of hydrogen-bond donors (Lipinski definition) is 3. The Morgan fingerprint density at radius 1 is 0.900 bits per heavy atom. The van der Waals surface area contributed by atoms with Crippen LogP contribution in [0.25, 0.3) is 0 Å². The van der Waals surface area contributed by atoms with Crippen molar-refractivity contribution in [3.05, 3.63) is 0 Å². The monoisotopic (exact) mass is 147 g/mol. The molecule has 0 aromatic carbocycles. The van der Waals surface area contributed by atoms with Gasteiger partial charge in [-0.3, -0.25) is 10.9 Å². The van der Waals surface area contributed by atoms with Crippen LogP contribution in [0.1, 0.15) is 20.8 Å². The lowest BCUT2D eigenvalue weighted by atomic mass is 10.7. The van der Waals surface area contributed by atoms with Gasteiger partial charge < -0.3 is 5.32 Å². The van der Waals surface area contributed by atoms with Crippen LogP contribution in [0.5, 0.6) is 0 Å². The van der Waals surface area contributed by atoms with E-state index in [1.165, 1.54) is 0 Å². The van der Waals surface area contributed by atoms with Gasteiger partial charge in [-0.15, -0.1) is 0 Å². The Balaban J connectivity index is 0. The van der Waals surface area contributed by atoms with E-state index >= 15 is 0 Å². The molecule has 0 saturated heterocycles. The molecule has 0 atom stereocenters. The topological polar surface area (TPSA) is 36.1 Å². The first-order chi connectivity index (χ1) is 4.83. The van der Waals surface area contributed by atoms with Gasteiger partial charge >= 0.3 is 0 Å². The summed E-state index contributed by atoms with van der Waals surface area (Å²) >= 11 is 0. The van der Waals surface area contributed by atoms with E-state index in [9.17, 15) is 0 Å². The molecule has 10 heavy (non-hydrogen) atoms. The van der Waals surface area contributed by atoms with Gasteiger partial charge in [-0.1, -0.05) is 20.8 Å². The summed E-state index contributed by atoms with van der Waals surface area (Å²) in [5.41, 5.74) is 5.63. The minimum absolute atomic E-state index is 0.983. The van der Waals surface area contributed by atoms with E-state index in [1.54, 1.807) is 0 Å². The van der Waals surface area contributed by atoms with Crippen LogP contribution in [-0.2, 0) is 0 Å². The van der Waals surface area contributed by atoms with Crippen LogP contribution in [0.3, 0.4) is 0 Å². The fourth-order valence-electron chi connectivity index (χ4n) is 0.427. The maximum atomic E-state index is 3.11. The molecular weight excluding hydrogens is 126 g/mol. The van der Waals surface area contributed by atoms with Gasteiger partial charge in [0.05, 0.1) is 0 Å². The molecule has 0 bridgehead atoms. The molecule has 0 heterocycles. The molecule has 0 spiro atoms. The normalized spacial score (nSPS) is 8.40. The van der Waals surface area contributed by atoms with Crippen molar-refractivity contribution in [3.63, 3.8) is 0 Å². The Bertz CT molecular complexity index is 29.8. The first-order valence-electron chi connectivity index (χ1n) is 3.93. The zero-order valence-corrected chi connectivity index (χ0v) is 7.62. The van der Waals surface area contributed by atoms with Gasteiger partial charge in [0, 0.05) is 6.54 Å². The lowest BCUT2D eigenvalue weighted by Crippen LogP contribution is -2.26. The summed E-state index contributed by atoms with van der Waals surface area (Å²) in [6, 6.07) is 0. The predicted molar refractivity (Wildman–Crippen MR) is 47.0 cm³/mol. The lowest BCUT2D eigenvalue weighted by Gasteiger charge is -1.90. The molecule has 0 radical (unpaired) electrons. The second-order valence-electron chi connectivity index (χ2n) is 1.74. The van der Waals surface area contributed by atoms with Gasteiger partial charge in [0.2, 0.25) is 0 Å². The van der Waals surface area contributed by atoms with Gasteiger partial charge in [0.1, 0.15) is 0 Å². The van der Waals surface area contributed by atoms with Crippen LogP contribution in [0, 0.1) is 0 Å². The van der Waals surface area contributed by atoms with Gasteiger partial charge in [-0.2, -0.15) is 0 Å². The summed E-state index contributed by atoms with van der Waals surface area (Å²) < 4.78 is 0. The number of rotatable bonds is 4. The molecular formula is C7H21N3. The predicted octanol–water partition coefficient (Wildman–Crippen LogP) is 0.346. The third-order valence-corrected chi connectivity index (χ3v) is 0.854. The minimum Gasteiger partial charge on any atom is -0.317 e. The van der Waals surface area contributed by atoms with E-state index in [4.69, 9.17) is 0 Å². The van der Waals surface area contributed by atoms with Crippen LogP contribution in [0.15, 0.2) is 0 Å². The molecule has 64 valence electrons. The van der Waals surface area contributed by atoms with Crippen molar-refractivity contribution in [2.45, 2.75) is 20.8 Å². The molecule has 0 aliphatic carbocycles. The van der Waals surface area contributed by atoms with E-state index in [2.05, 4.69) is 30.0 Å². The molecule has 0 aliphatic heterocycles. The van der Waals surface area contributed by atoms with Crippen molar-refractivity contribution in [1.82, 2.24) is 16.2 Å². The molecule has 3 heteroatoms. The second-order valence-corrected chi connectivity index (χ2v) is 1.74. The molecule has 0 saturated carbocycles. The first kappa shape index (κ1) is 12.5. The van der Waals surface area contributed by atoms with Crippen molar-refractivity contribution >= 4 is 0 Å². The van der Waals surface area contributed by atoms with Crippen LogP contribution in [0.2, 0.25) is 0 Å². The molecule has 0 fully saturated rings. The smallest absolute Gasteiger partial charge is 0.00712 e. The fraction of sp³-hybridized carbons (Fsp3) is 1.00. The maximum Gasteiger partial charge on any atom is 0.00712 e. The lowest BCUT2D eigenvalue weighted by molar-refractivity contribution is 0.623. The van der Waals surface area contributed by atoms with Crippen molar-refractivity contribution < 1.29 is 0 Å². The third kappa shape index (κ3) is 24.8. The molecule has 0 amide bonds. The number of nitrogens with one attached hydrogen (secondary N) is 3. The summed E-state index contributed by atoms with van der Waals surface area (Å²) in [5, 5.41) is 3.11. The van der Waals surface area contributed by atoms with Crippen LogP contribution in [-0.4, -0.2) is 26.7 Å². The average Bonchev–Trinajstić information content (AvgIpc) is 1.93. The van der Waals surface area contributed by atoms with Gasteiger partial charge in [0.15, 0.2) is 0 Å². The standard InChI is InChI=1S/C4H11N.C3H10N2/c2*1-3-5-4-2/h5H,3-4H2,1-2H3;4-5H,3H2,1-2H3. The highest BCUT2D eigenvalue weighted by molar-refractivity contribution is 4.27. The average molecular weight is 147 g/mol. The number of hydrazine groups is 1. The first-order valence-corrected chi connectivity index (χ1v) is 3.93. The van der Waals surface area contributed by atoms with E-state index in [0.717, 1.165) is 19.6 Å². The zero-order chi connectivity index (χ0) is 8.24. The van der Waals surface area contributed by atoms with Crippen LogP contribution in [0.4, 0.5) is 0 Å². The van der Waals surface area contributed by atoms with Crippen molar-refractivity contribution in [2.75, 3.05) is 26.7 Å². The highest BCUT2D eigenvalue weighted by Gasteiger charge is 1.62. The Kier molecular flexibility index (Phi) is 20.0. The molecule has 0 unspecified atom stereocenters. The van der Waals surface area contributed by atoms with E-state index in [0.29, 0.717) is 0 Å². The van der Waals surface area contributed by atoms with Gasteiger partial charge in [-0.05, 0) is 20.1 Å². The van der Waals surface area contributed by atoms with Crippen molar-refractivity contribution in [1.29, 1.82) is 0 Å². The Morgan fingerprint density at radius 3 is 1.40 bits per heavy atom. The van der Waals surface area contributed by atoms with Crippen molar-refractivity contribution in [2.24, 2.45) is 0 Å². The molecule has 0 rings (SSSR count). The van der Waals surface area contributed by atoms with Crippen LogP contribution >= 0.6 is 0 Å². The molecule has 3 nitrogen and oxygen atoms in total. The molecule has 0 aromatic heterocycles. The molecule has 3 N–H and O–H groups in total. The van der Waals surface area contributed by atoms with Gasteiger partial charge in [-0.25, -0.2) is 0 Å². The Morgan fingerprint density at radius 2 is 1.40 bits per heavy atom. The zero-order valence-electron chi connectivity index (χ0n) is 7.62. The largest absolute Gasteiger partial charge is 0.317 e. The van der Waals surface area contributed by atoms with E-state index < -0.39 is 0 Å². The third-order valence-electron chi connectivity index (χ3n) is 0.854. The molecule has 0 aromatic rings. The quantitative estimate of drug-likeness (QED) is 0.502. The SMILES string of the molecule is CCNCC.CCNNC. The summed E-state index contributed by atoms with van der Waals surface area (Å²) in [6.45, 7) is 9.41. The van der Waals surface area contributed by atoms with Crippen molar-refractivity contribution in [3.8, 4) is 0 Å². The number of hydrogen-bond acceptors (Lipinski definition) is 3. The highest BCUT2D eigenvalue weighted by atomic mass is 15.3. The Hall–Kier alpha value is -0.120. The van der Waals surface area contributed by atoms with Gasteiger partial charge in [0.25, 0.3) is 0 Å². The maximum absolute atomic E-state index is 3.11. The highest BCUT2D eigenvalue weighted by Crippen LogP contribution is 1.47. The van der Waals surface area contributed by atoms with E-state index in [-0.39, 0.29) is 0 Å². The summed E-state index contributed by atoms with van der Waals surface area (Å²) in [6.07, 6.45) is 0. The fourth-order valence-corrected chi connectivity index (χ4v) is 0.427. The minimum atomic E-state index is 0.983. The van der Waals surface area contributed by atoms with E-state index in [1.807, 2.05) is 14.0 Å². The summed E-state index contributed by atoms with van der Waals surface area (Å²) in [7, 11) is 1.85. The van der Waals surface area contributed by atoms with Crippen LogP contribution < -0.4 is 16.2 Å².